The van der Waals surface area contributed by atoms with Gasteiger partial charge in [0.05, 0.1) is 23.3 Å². The van der Waals surface area contributed by atoms with Gasteiger partial charge in [0.15, 0.2) is 11.5 Å². The molecule has 3 heterocycles. The second-order valence-electron chi connectivity index (χ2n) is 7.34. The summed E-state index contributed by atoms with van der Waals surface area (Å²) in [6.45, 7) is 0. The molecule has 0 radical (unpaired) electrons. The summed E-state index contributed by atoms with van der Waals surface area (Å²) in [6, 6.07) is 12.8. The Hall–Kier alpha value is -4.02. The molecule has 35 heavy (non-hydrogen) atoms. The molecule has 3 N–H and O–H groups in total. The fourth-order valence-corrected chi connectivity index (χ4v) is 3.84. The van der Waals surface area contributed by atoms with Gasteiger partial charge in [-0.1, -0.05) is 17.7 Å². The lowest BCUT2D eigenvalue weighted by Gasteiger charge is -2.21. The van der Waals surface area contributed by atoms with E-state index in [-0.39, 0.29) is 34.1 Å². The zero-order valence-electron chi connectivity index (χ0n) is 18.2. The van der Waals surface area contributed by atoms with Crippen molar-refractivity contribution in [3.05, 3.63) is 59.0 Å². The summed E-state index contributed by atoms with van der Waals surface area (Å²) >= 11 is 6.09. The van der Waals surface area contributed by atoms with Gasteiger partial charge in [-0.15, -0.1) is 0 Å². The van der Waals surface area contributed by atoms with Crippen LogP contribution in [-0.4, -0.2) is 41.7 Å². The van der Waals surface area contributed by atoms with E-state index in [0.29, 0.717) is 16.5 Å². The molecular weight excluding hydrogens is 502 g/mol. The van der Waals surface area contributed by atoms with Crippen LogP contribution in [0.5, 0.6) is 0 Å². The molecule has 4 rings (SSSR count). The molecule has 0 aliphatic carbocycles. The molecule has 3 aromatic heterocycles. The normalized spacial score (nSPS) is 11.5. The van der Waals surface area contributed by atoms with Crippen molar-refractivity contribution in [1.29, 1.82) is 5.26 Å². The highest BCUT2D eigenvalue weighted by molar-refractivity contribution is 7.92. The Kier molecular flexibility index (Phi) is 6.42. The fourth-order valence-electron chi connectivity index (χ4n) is 3.16. The van der Waals surface area contributed by atoms with Crippen LogP contribution in [0.1, 0.15) is 17.9 Å². The second kappa shape index (κ2) is 9.32. The van der Waals surface area contributed by atoms with Gasteiger partial charge in [0, 0.05) is 18.1 Å². The largest absolute Gasteiger partial charge is 0.352 e. The fraction of sp³-hybridized carbons (Fsp3) is 0.143. The number of nitrogens with one attached hydrogen (secondary N) is 3. The van der Waals surface area contributed by atoms with Crippen molar-refractivity contribution < 1.29 is 17.2 Å². The van der Waals surface area contributed by atoms with Gasteiger partial charge in [0.25, 0.3) is 6.43 Å². The number of benzene rings is 1. The molecule has 180 valence electrons. The summed E-state index contributed by atoms with van der Waals surface area (Å²) in [4.78, 5) is 14.8. The van der Waals surface area contributed by atoms with Crippen LogP contribution in [0.25, 0.3) is 11.2 Å². The lowest BCUT2D eigenvalue weighted by Crippen LogP contribution is -2.25. The van der Waals surface area contributed by atoms with E-state index in [4.69, 9.17) is 16.9 Å². The number of pyridine rings is 2. The van der Waals surface area contributed by atoms with Crippen LogP contribution in [0.4, 0.5) is 37.5 Å². The number of aromatic amines is 1. The van der Waals surface area contributed by atoms with Crippen LogP contribution in [0.3, 0.4) is 0 Å². The highest BCUT2D eigenvalue weighted by Gasteiger charge is 2.20. The highest BCUT2D eigenvalue weighted by atomic mass is 35.5. The zero-order valence-corrected chi connectivity index (χ0v) is 19.8. The van der Waals surface area contributed by atoms with Crippen LogP contribution in [-0.2, 0) is 10.0 Å². The molecular formula is C21H17ClF2N8O2S. The molecule has 0 aliphatic rings. The molecule has 4 aromatic rings. The monoisotopic (exact) mass is 518 g/mol. The van der Waals surface area contributed by atoms with E-state index in [0.717, 1.165) is 10.6 Å². The molecule has 0 bridgehead atoms. The molecule has 0 spiro atoms. The minimum absolute atomic E-state index is 0.0174. The van der Waals surface area contributed by atoms with Crippen LogP contribution in [0, 0.1) is 11.3 Å². The minimum atomic E-state index is -3.64. The quantitative estimate of drug-likeness (QED) is 0.320. The first-order chi connectivity index (χ1) is 16.5. The third-order valence-electron chi connectivity index (χ3n) is 4.87. The number of anilines is 5. The van der Waals surface area contributed by atoms with Crippen molar-refractivity contribution in [2.24, 2.45) is 0 Å². The molecule has 0 saturated carbocycles. The number of H-pyrrole nitrogens is 1. The van der Waals surface area contributed by atoms with Gasteiger partial charge >= 0.3 is 0 Å². The summed E-state index contributed by atoms with van der Waals surface area (Å²) in [7, 11) is -2.28. The van der Waals surface area contributed by atoms with E-state index in [1.807, 2.05) is 6.07 Å². The number of imidazole rings is 1. The predicted octanol–water partition coefficient (Wildman–Crippen LogP) is 4.70. The summed E-state index contributed by atoms with van der Waals surface area (Å²) in [5, 5.41) is 15.4. The SMILES string of the molecule is CN(c1cc(Cl)ccc1Nc1cc(Nc2cccc(C#N)n2)nc2nc(C(F)F)[nH]c12)S(C)(=O)=O. The number of aromatic nitrogens is 4. The van der Waals surface area contributed by atoms with Crippen molar-refractivity contribution in [2.75, 3.05) is 28.2 Å². The highest BCUT2D eigenvalue weighted by Crippen LogP contribution is 2.35. The van der Waals surface area contributed by atoms with Gasteiger partial charge in [-0.25, -0.2) is 32.2 Å². The molecule has 0 unspecified atom stereocenters. The minimum Gasteiger partial charge on any atom is -0.352 e. The maximum atomic E-state index is 13.4. The van der Waals surface area contributed by atoms with Gasteiger partial charge in [-0.05, 0) is 30.3 Å². The number of sulfonamides is 1. The number of fused-ring (bicyclic) bond motifs is 1. The number of nitrogens with zero attached hydrogens (tertiary/aromatic N) is 5. The van der Waals surface area contributed by atoms with E-state index in [1.165, 1.54) is 25.2 Å². The maximum absolute atomic E-state index is 13.4. The Labute approximate surface area is 203 Å². The van der Waals surface area contributed by atoms with E-state index < -0.39 is 22.3 Å². The Balaban J connectivity index is 1.83. The van der Waals surface area contributed by atoms with Crippen molar-refractivity contribution in [1.82, 2.24) is 19.9 Å². The smallest absolute Gasteiger partial charge is 0.295 e. The Bertz CT molecular complexity index is 1570. The molecule has 0 fully saturated rings. The lowest BCUT2D eigenvalue weighted by atomic mass is 10.2. The first kappa shape index (κ1) is 24.1. The zero-order chi connectivity index (χ0) is 25.3. The number of halogens is 3. The maximum Gasteiger partial charge on any atom is 0.295 e. The van der Waals surface area contributed by atoms with Crippen LogP contribution in [0.2, 0.25) is 5.02 Å². The number of hydrogen-bond donors (Lipinski definition) is 3. The van der Waals surface area contributed by atoms with Crippen molar-refractivity contribution in [3.63, 3.8) is 0 Å². The molecule has 0 saturated heterocycles. The first-order valence-corrected chi connectivity index (χ1v) is 12.1. The average molecular weight is 519 g/mol. The molecule has 1 aromatic carbocycles. The third-order valence-corrected chi connectivity index (χ3v) is 6.30. The second-order valence-corrected chi connectivity index (χ2v) is 9.79. The first-order valence-electron chi connectivity index (χ1n) is 9.88. The summed E-state index contributed by atoms with van der Waals surface area (Å²) in [5.74, 6) is -0.0840. The van der Waals surface area contributed by atoms with E-state index in [1.54, 1.807) is 24.3 Å². The van der Waals surface area contributed by atoms with Gasteiger partial charge in [0.2, 0.25) is 10.0 Å². The van der Waals surface area contributed by atoms with Crippen LogP contribution >= 0.6 is 11.6 Å². The molecule has 0 atom stereocenters. The molecule has 14 heteroatoms. The van der Waals surface area contributed by atoms with Gasteiger partial charge in [0.1, 0.15) is 28.9 Å². The Morgan fingerprint density at radius 2 is 1.86 bits per heavy atom. The predicted molar refractivity (Wildman–Crippen MR) is 129 cm³/mol. The van der Waals surface area contributed by atoms with E-state index >= 15 is 0 Å². The van der Waals surface area contributed by atoms with Crippen molar-refractivity contribution in [2.45, 2.75) is 6.43 Å². The summed E-state index contributed by atoms with van der Waals surface area (Å²) in [6.07, 6.45) is -1.83. The number of alkyl halides is 2. The molecule has 0 amide bonds. The number of nitriles is 1. The standard InChI is InChI=1S/C21H17ClF2N8O2S/c1-32(35(2,33)34)15-8-11(22)6-7-13(15)27-14-9-17(28-16-5-3-4-12(10-25)26-16)29-20-18(14)30-21(31-20)19(23)24/h3-9,19H,1-2H3,(H3,26,27,28,29,30,31). The van der Waals surface area contributed by atoms with E-state index in [9.17, 15) is 17.2 Å². The Morgan fingerprint density at radius 3 is 2.54 bits per heavy atom. The topological polar surface area (TPSA) is 140 Å². The molecule has 10 nitrogen and oxygen atoms in total. The van der Waals surface area contributed by atoms with Crippen LogP contribution < -0.4 is 14.9 Å². The Morgan fingerprint density at radius 1 is 1.09 bits per heavy atom. The average Bonchev–Trinajstić information content (AvgIpc) is 3.24. The van der Waals surface area contributed by atoms with Crippen molar-refractivity contribution in [3.8, 4) is 6.07 Å². The van der Waals surface area contributed by atoms with Crippen molar-refractivity contribution >= 4 is 61.5 Å². The summed E-state index contributed by atoms with van der Waals surface area (Å²) in [5.41, 5.74) is 1.17. The van der Waals surface area contributed by atoms with Gasteiger partial charge in [-0.2, -0.15) is 5.26 Å². The number of rotatable bonds is 7. The third kappa shape index (κ3) is 5.23. The van der Waals surface area contributed by atoms with E-state index in [2.05, 4.69) is 30.6 Å². The lowest BCUT2D eigenvalue weighted by molar-refractivity contribution is 0.142. The van der Waals surface area contributed by atoms with Gasteiger partial charge in [-0.3, -0.25) is 4.31 Å². The molecule has 0 aliphatic heterocycles. The number of hydrogen-bond acceptors (Lipinski definition) is 8. The summed E-state index contributed by atoms with van der Waals surface area (Å²) < 4.78 is 52.1. The van der Waals surface area contributed by atoms with Gasteiger partial charge < -0.3 is 15.6 Å². The van der Waals surface area contributed by atoms with Crippen LogP contribution in [0.15, 0.2) is 42.5 Å².